The third-order valence-corrected chi connectivity index (χ3v) is 3.44. The van der Waals surface area contributed by atoms with E-state index in [1.165, 1.54) is 11.1 Å². The maximum Gasteiger partial charge on any atom is 0.407 e. The number of amides is 2. The van der Waals surface area contributed by atoms with Gasteiger partial charge in [-0.25, -0.2) is 9.78 Å². The third kappa shape index (κ3) is 3.85. The Morgan fingerprint density at radius 2 is 2.32 bits per heavy atom. The summed E-state index contributed by atoms with van der Waals surface area (Å²) in [6, 6.07) is 3.04. The second kappa shape index (κ2) is 7.60. The fraction of sp³-hybridized carbons (Fsp3) is 0.500. The van der Waals surface area contributed by atoms with Crippen LogP contribution in [0, 0.1) is 0 Å². The van der Waals surface area contributed by atoms with Crippen LogP contribution in [0.3, 0.4) is 0 Å². The van der Waals surface area contributed by atoms with E-state index in [0.717, 1.165) is 12.8 Å². The highest BCUT2D eigenvalue weighted by molar-refractivity contribution is 5.94. The van der Waals surface area contributed by atoms with E-state index in [1.54, 1.807) is 12.1 Å². The largest absolute Gasteiger partial charge is 0.489 e. The Hall–Kier alpha value is -2.35. The van der Waals surface area contributed by atoms with E-state index in [4.69, 9.17) is 14.9 Å². The highest BCUT2D eigenvalue weighted by Gasteiger charge is 2.29. The third-order valence-electron chi connectivity index (χ3n) is 3.44. The molecule has 22 heavy (non-hydrogen) atoms. The first kappa shape index (κ1) is 16.0. The van der Waals surface area contributed by atoms with Crippen molar-refractivity contribution < 1.29 is 24.5 Å². The number of pyridine rings is 1. The number of likely N-dealkylation sites (tertiary alicyclic amines) is 1. The Kier molecular flexibility index (Phi) is 5.54. The van der Waals surface area contributed by atoms with Gasteiger partial charge in [-0.1, -0.05) is 0 Å². The highest BCUT2D eigenvalue weighted by atomic mass is 16.5. The topological polar surface area (TPSA) is 112 Å². The van der Waals surface area contributed by atoms with Gasteiger partial charge >= 0.3 is 6.09 Å². The van der Waals surface area contributed by atoms with Crippen molar-refractivity contribution in [2.75, 3.05) is 26.3 Å². The van der Waals surface area contributed by atoms with Gasteiger partial charge in [-0.3, -0.25) is 4.79 Å². The summed E-state index contributed by atoms with van der Waals surface area (Å²) in [4.78, 5) is 28.3. The zero-order valence-corrected chi connectivity index (χ0v) is 12.1. The average Bonchev–Trinajstić information content (AvgIpc) is 2.99. The first-order chi connectivity index (χ1) is 10.6. The maximum atomic E-state index is 11.9. The molecule has 0 saturated carbocycles. The molecule has 1 aliphatic rings. The molecule has 3 N–H and O–H groups in total. The van der Waals surface area contributed by atoms with Gasteiger partial charge in [0.05, 0.1) is 12.6 Å². The summed E-state index contributed by atoms with van der Waals surface area (Å²) in [5.41, 5.74) is 0.121. The fourth-order valence-electron chi connectivity index (χ4n) is 2.38. The second-order valence-electron chi connectivity index (χ2n) is 4.91. The summed E-state index contributed by atoms with van der Waals surface area (Å²) in [6.07, 6.45) is 2.05. The normalized spacial score (nSPS) is 17.3. The van der Waals surface area contributed by atoms with E-state index >= 15 is 0 Å². The Bertz CT molecular complexity index is 537. The molecule has 1 unspecified atom stereocenters. The van der Waals surface area contributed by atoms with Crippen LogP contribution in [0.15, 0.2) is 18.3 Å². The van der Waals surface area contributed by atoms with E-state index in [0.29, 0.717) is 12.3 Å². The lowest BCUT2D eigenvalue weighted by atomic mass is 10.2. The van der Waals surface area contributed by atoms with Gasteiger partial charge in [0.25, 0.3) is 5.91 Å². The first-order valence-corrected chi connectivity index (χ1v) is 7.10. The summed E-state index contributed by atoms with van der Waals surface area (Å²) in [5.74, 6) is -0.138. The van der Waals surface area contributed by atoms with Crippen LogP contribution in [0.2, 0.25) is 0 Å². The molecule has 2 heterocycles. The van der Waals surface area contributed by atoms with Crippen LogP contribution in [-0.4, -0.2) is 64.4 Å². The molecular formula is C14H19N3O5. The summed E-state index contributed by atoms with van der Waals surface area (Å²) >= 11 is 0. The van der Waals surface area contributed by atoms with E-state index in [9.17, 15) is 9.59 Å². The predicted octanol–water partition coefficient (Wildman–Crippen LogP) is 0.325. The van der Waals surface area contributed by atoms with E-state index in [-0.39, 0.29) is 31.5 Å². The van der Waals surface area contributed by atoms with Crippen LogP contribution in [0.5, 0.6) is 5.75 Å². The van der Waals surface area contributed by atoms with E-state index in [1.807, 2.05) is 0 Å². The van der Waals surface area contributed by atoms with Crippen molar-refractivity contribution in [1.82, 2.24) is 15.2 Å². The van der Waals surface area contributed by atoms with Gasteiger partial charge in [-0.15, -0.1) is 0 Å². The lowest BCUT2D eigenvalue weighted by molar-refractivity contribution is 0.0929. The van der Waals surface area contributed by atoms with E-state index < -0.39 is 12.0 Å². The molecule has 8 nitrogen and oxygen atoms in total. The lowest BCUT2D eigenvalue weighted by Gasteiger charge is -2.22. The fourth-order valence-corrected chi connectivity index (χ4v) is 2.38. The molecule has 0 spiro atoms. The second-order valence-corrected chi connectivity index (χ2v) is 4.91. The van der Waals surface area contributed by atoms with Crippen molar-refractivity contribution in [1.29, 1.82) is 0 Å². The van der Waals surface area contributed by atoms with Gasteiger partial charge in [0.15, 0.2) is 11.4 Å². The van der Waals surface area contributed by atoms with Gasteiger partial charge in [-0.05, 0) is 25.0 Å². The summed E-state index contributed by atoms with van der Waals surface area (Å²) in [5, 5.41) is 20.3. The molecule has 1 aliphatic heterocycles. The molecule has 2 amide bonds. The first-order valence-electron chi connectivity index (χ1n) is 7.10. The van der Waals surface area contributed by atoms with Crippen LogP contribution in [0.1, 0.15) is 23.3 Å². The Balaban J connectivity index is 2.01. The number of nitrogens with one attached hydrogen (secondary N) is 1. The highest BCUT2D eigenvalue weighted by Crippen LogP contribution is 2.21. The van der Waals surface area contributed by atoms with Crippen molar-refractivity contribution in [3.05, 3.63) is 24.0 Å². The molecule has 0 aromatic carbocycles. The zero-order chi connectivity index (χ0) is 15.9. The molecule has 8 heteroatoms. The van der Waals surface area contributed by atoms with Crippen molar-refractivity contribution in [2.45, 2.75) is 18.9 Å². The summed E-state index contributed by atoms with van der Waals surface area (Å²) in [6.45, 7) is 0.646. The number of aliphatic hydroxyl groups excluding tert-OH is 1. The van der Waals surface area contributed by atoms with Gasteiger partial charge in [0, 0.05) is 19.3 Å². The number of ether oxygens (including phenoxy) is 1. The molecule has 0 radical (unpaired) electrons. The van der Waals surface area contributed by atoms with Crippen molar-refractivity contribution in [2.24, 2.45) is 0 Å². The molecule has 1 atom stereocenters. The van der Waals surface area contributed by atoms with Gasteiger partial charge in [-0.2, -0.15) is 0 Å². The Labute approximate surface area is 127 Å². The molecule has 2 rings (SSSR count). The number of hydrogen-bond donors (Lipinski definition) is 3. The SMILES string of the molecule is O=C(NCCO)c1ncccc1OCC1CCCN1C(=O)O. The number of aromatic nitrogens is 1. The van der Waals surface area contributed by atoms with Gasteiger partial charge in [0.1, 0.15) is 6.61 Å². The summed E-state index contributed by atoms with van der Waals surface area (Å²) in [7, 11) is 0. The monoisotopic (exact) mass is 309 g/mol. The standard InChI is InChI=1S/C14H19N3O5/c18-8-6-16-13(19)12-11(4-1-5-15-12)22-9-10-3-2-7-17(10)14(20)21/h1,4-5,10,18H,2-3,6-9H2,(H,16,19)(H,20,21). The molecule has 1 saturated heterocycles. The molecule has 1 aromatic rings. The number of nitrogens with zero attached hydrogens (tertiary/aromatic N) is 2. The number of carbonyl (C=O) groups is 2. The minimum Gasteiger partial charge on any atom is -0.489 e. The minimum atomic E-state index is -0.960. The molecular weight excluding hydrogens is 290 g/mol. The number of rotatable bonds is 6. The lowest BCUT2D eigenvalue weighted by Crippen LogP contribution is -2.38. The molecule has 0 aliphatic carbocycles. The predicted molar refractivity (Wildman–Crippen MR) is 76.9 cm³/mol. The van der Waals surface area contributed by atoms with Crippen LogP contribution >= 0.6 is 0 Å². The van der Waals surface area contributed by atoms with Crippen LogP contribution in [0.4, 0.5) is 4.79 Å². The number of hydrogen-bond acceptors (Lipinski definition) is 5. The average molecular weight is 309 g/mol. The van der Waals surface area contributed by atoms with Crippen molar-refractivity contribution in [3.63, 3.8) is 0 Å². The van der Waals surface area contributed by atoms with Crippen LogP contribution in [-0.2, 0) is 0 Å². The van der Waals surface area contributed by atoms with Crippen molar-refractivity contribution >= 4 is 12.0 Å². The minimum absolute atomic E-state index is 0.121. The Morgan fingerprint density at radius 3 is 3.05 bits per heavy atom. The molecule has 1 fully saturated rings. The Morgan fingerprint density at radius 1 is 1.50 bits per heavy atom. The zero-order valence-electron chi connectivity index (χ0n) is 12.1. The van der Waals surface area contributed by atoms with E-state index in [2.05, 4.69) is 10.3 Å². The van der Waals surface area contributed by atoms with Crippen LogP contribution < -0.4 is 10.1 Å². The van der Waals surface area contributed by atoms with Crippen LogP contribution in [0.25, 0.3) is 0 Å². The van der Waals surface area contributed by atoms with Gasteiger partial charge < -0.3 is 25.2 Å². The number of carboxylic acid groups (broad SMARTS) is 1. The smallest absolute Gasteiger partial charge is 0.407 e. The maximum absolute atomic E-state index is 11.9. The molecule has 1 aromatic heterocycles. The molecule has 120 valence electrons. The quantitative estimate of drug-likeness (QED) is 0.698. The number of aliphatic hydroxyl groups is 1. The van der Waals surface area contributed by atoms with Crippen molar-refractivity contribution in [3.8, 4) is 5.75 Å². The number of carbonyl (C=O) groups excluding carboxylic acids is 1. The van der Waals surface area contributed by atoms with Gasteiger partial charge in [0.2, 0.25) is 0 Å². The molecule has 0 bridgehead atoms. The summed E-state index contributed by atoms with van der Waals surface area (Å²) < 4.78 is 5.61.